The average Bonchev–Trinajstić information content (AvgIpc) is 3.81. The smallest absolute Gasteiger partial charge is 0.407 e. The van der Waals surface area contributed by atoms with Gasteiger partial charge in [0.15, 0.2) is 0 Å². The maximum atomic E-state index is 13.1. The standard InChI is InChI=1S/C36H46N6O5S2/c1-25(2)34-39-30(23-48-34)19-42(4)35(44)41-33(20-43)26(3)38-29(21-46-31-13-9-6-10-14-31)16-15-28(17-27-11-7-5-8-12-27)40-36(45)47-22-32-18-37-24-49-32/h5-14,18,23-25,28-29,33,38,43H,3,15-17,19-22H2,1-2,4H3,(H,40,45)(H,41,44)/t28-,29-,33-/m0/s1. The van der Waals surface area contributed by atoms with Gasteiger partial charge in [-0.25, -0.2) is 14.6 Å². The Morgan fingerprint density at radius 1 is 0.980 bits per heavy atom. The van der Waals surface area contributed by atoms with Gasteiger partial charge in [0.05, 0.1) is 46.3 Å². The number of nitrogens with one attached hydrogen (secondary N) is 3. The number of aliphatic hydroxyl groups is 1. The van der Waals surface area contributed by atoms with Gasteiger partial charge in [-0.3, -0.25) is 4.98 Å². The maximum Gasteiger partial charge on any atom is 0.407 e. The number of hydrogen-bond donors (Lipinski definition) is 4. The molecule has 2 aromatic carbocycles. The summed E-state index contributed by atoms with van der Waals surface area (Å²) < 4.78 is 11.6. The number of benzene rings is 2. The molecule has 0 aliphatic rings. The molecule has 49 heavy (non-hydrogen) atoms. The van der Waals surface area contributed by atoms with Crippen molar-refractivity contribution in [3.63, 3.8) is 0 Å². The molecule has 0 saturated heterocycles. The summed E-state index contributed by atoms with van der Waals surface area (Å²) in [6.45, 7) is 8.75. The van der Waals surface area contributed by atoms with E-state index in [1.54, 1.807) is 30.1 Å². The number of para-hydroxylation sites is 1. The van der Waals surface area contributed by atoms with Crippen molar-refractivity contribution < 1.29 is 24.2 Å². The van der Waals surface area contributed by atoms with Crippen LogP contribution in [0.2, 0.25) is 0 Å². The van der Waals surface area contributed by atoms with E-state index in [-0.39, 0.29) is 37.9 Å². The van der Waals surface area contributed by atoms with E-state index in [1.807, 2.05) is 66.0 Å². The Morgan fingerprint density at radius 2 is 1.69 bits per heavy atom. The fourth-order valence-electron chi connectivity index (χ4n) is 4.94. The van der Waals surface area contributed by atoms with Crippen molar-refractivity contribution in [3.05, 3.63) is 111 Å². The van der Waals surface area contributed by atoms with Crippen molar-refractivity contribution in [2.45, 2.75) is 70.3 Å². The second kappa shape index (κ2) is 19.5. The molecule has 0 fully saturated rings. The minimum atomic E-state index is -0.754. The number of nitrogens with zero attached hydrogens (tertiary/aromatic N) is 3. The largest absolute Gasteiger partial charge is 0.491 e. The molecular formula is C36H46N6O5S2. The van der Waals surface area contributed by atoms with E-state index >= 15 is 0 Å². The van der Waals surface area contributed by atoms with Crippen LogP contribution in [0.5, 0.6) is 5.75 Å². The van der Waals surface area contributed by atoms with E-state index in [0.29, 0.717) is 43.2 Å². The van der Waals surface area contributed by atoms with Crippen LogP contribution >= 0.6 is 22.7 Å². The van der Waals surface area contributed by atoms with Crippen LogP contribution in [0.4, 0.5) is 9.59 Å². The third kappa shape index (κ3) is 12.8. The van der Waals surface area contributed by atoms with Gasteiger partial charge in [0.2, 0.25) is 0 Å². The van der Waals surface area contributed by atoms with Crippen LogP contribution in [-0.4, -0.2) is 70.5 Å². The molecule has 13 heteroatoms. The number of aliphatic hydroxyl groups excluding tert-OH is 1. The Hall–Kier alpha value is -4.46. The number of urea groups is 1. The van der Waals surface area contributed by atoms with Crippen molar-refractivity contribution >= 4 is 34.8 Å². The predicted octanol–water partition coefficient (Wildman–Crippen LogP) is 6.09. The van der Waals surface area contributed by atoms with Crippen molar-refractivity contribution in [2.24, 2.45) is 0 Å². The zero-order valence-electron chi connectivity index (χ0n) is 28.2. The summed E-state index contributed by atoms with van der Waals surface area (Å²) >= 11 is 3.00. The lowest BCUT2D eigenvalue weighted by Crippen LogP contribution is -2.49. The van der Waals surface area contributed by atoms with Crippen LogP contribution < -0.4 is 20.7 Å². The summed E-state index contributed by atoms with van der Waals surface area (Å²) in [6, 6.07) is 17.8. The molecule has 0 radical (unpaired) electrons. The molecule has 0 spiro atoms. The Bertz CT molecular complexity index is 1570. The molecule has 0 bridgehead atoms. The normalized spacial score (nSPS) is 12.8. The monoisotopic (exact) mass is 706 g/mol. The Kier molecular flexibility index (Phi) is 14.9. The van der Waals surface area contributed by atoms with E-state index in [4.69, 9.17) is 9.47 Å². The van der Waals surface area contributed by atoms with Gasteiger partial charge in [0, 0.05) is 36.3 Å². The number of carbonyl (C=O) groups is 2. The topological polar surface area (TPSA) is 138 Å². The molecule has 3 atom stereocenters. The van der Waals surface area contributed by atoms with Crippen molar-refractivity contribution in [3.8, 4) is 5.75 Å². The Balaban J connectivity index is 1.39. The molecule has 4 N–H and O–H groups in total. The van der Waals surface area contributed by atoms with Gasteiger partial charge in [0.25, 0.3) is 0 Å². The Morgan fingerprint density at radius 3 is 2.35 bits per heavy atom. The van der Waals surface area contributed by atoms with Gasteiger partial charge in [-0.1, -0.05) is 69.0 Å². The molecule has 0 aliphatic heterocycles. The second-order valence-electron chi connectivity index (χ2n) is 12.0. The number of aromatic nitrogens is 2. The zero-order valence-corrected chi connectivity index (χ0v) is 29.8. The summed E-state index contributed by atoms with van der Waals surface area (Å²) in [6.07, 6.45) is 2.93. The second-order valence-corrected chi connectivity index (χ2v) is 13.9. The van der Waals surface area contributed by atoms with Crippen LogP contribution in [0.3, 0.4) is 0 Å². The summed E-state index contributed by atoms with van der Waals surface area (Å²) in [4.78, 5) is 37.0. The number of hydrogen-bond acceptors (Lipinski definition) is 10. The lowest BCUT2D eigenvalue weighted by molar-refractivity contribution is 0.135. The van der Waals surface area contributed by atoms with Crippen LogP contribution in [0.25, 0.3) is 0 Å². The van der Waals surface area contributed by atoms with Crippen molar-refractivity contribution in [1.29, 1.82) is 0 Å². The predicted molar refractivity (Wildman–Crippen MR) is 194 cm³/mol. The highest BCUT2D eigenvalue weighted by molar-refractivity contribution is 7.09. The number of alkyl carbamates (subject to hydrolysis) is 1. The molecule has 4 rings (SSSR count). The molecule has 0 saturated carbocycles. The number of amides is 3. The van der Waals surface area contributed by atoms with Crippen LogP contribution in [-0.2, 0) is 24.3 Å². The third-order valence-corrected chi connectivity index (χ3v) is 9.58. The lowest BCUT2D eigenvalue weighted by atomic mass is 9.99. The van der Waals surface area contributed by atoms with Gasteiger partial charge in [0.1, 0.15) is 19.0 Å². The van der Waals surface area contributed by atoms with E-state index in [1.165, 1.54) is 16.2 Å². The highest BCUT2D eigenvalue weighted by Crippen LogP contribution is 2.20. The van der Waals surface area contributed by atoms with E-state index in [2.05, 4.69) is 46.3 Å². The minimum Gasteiger partial charge on any atom is -0.491 e. The van der Waals surface area contributed by atoms with E-state index < -0.39 is 12.1 Å². The molecule has 2 heterocycles. The molecule has 4 aromatic rings. The summed E-state index contributed by atoms with van der Waals surface area (Å²) in [5.74, 6) is 1.03. The number of ether oxygens (including phenoxy) is 2. The molecule has 0 unspecified atom stereocenters. The first-order valence-corrected chi connectivity index (χ1v) is 18.0. The quantitative estimate of drug-likeness (QED) is 0.0919. The van der Waals surface area contributed by atoms with Crippen molar-refractivity contribution in [2.75, 3.05) is 20.3 Å². The fraction of sp³-hybridized carbons (Fsp3) is 0.389. The van der Waals surface area contributed by atoms with Gasteiger partial charge in [-0.2, -0.15) is 0 Å². The minimum absolute atomic E-state index is 0.149. The van der Waals surface area contributed by atoms with Gasteiger partial charge >= 0.3 is 12.1 Å². The summed E-state index contributed by atoms with van der Waals surface area (Å²) in [7, 11) is 1.69. The number of rotatable bonds is 19. The van der Waals surface area contributed by atoms with E-state index in [0.717, 1.165) is 21.1 Å². The van der Waals surface area contributed by atoms with Crippen LogP contribution in [0.1, 0.15) is 53.7 Å². The molecular weight excluding hydrogens is 661 g/mol. The van der Waals surface area contributed by atoms with Gasteiger partial charge in [-0.05, 0) is 37.0 Å². The fourth-order valence-corrected chi connectivity index (χ4v) is 6.27. The van der Waals surface area contributed by atoms with Crippen LogP contribution in [0.15, 0.2) is 90.0 Å². The highest BCUT2D eigenvalue weighted by atomic mass is 32.1. The highest BCUT2D eigenvalue weighted by Gasteiger charge is 2.23. The van der Waals surface area contributed by atoms with E-state index in [9.17, 15) is 14.7 Å². The van der Waals surface area contributed by atoms with Crippen LogP contribution in [0, 0.1) is 0 Å². The first kappa shape index (κ1) is 37.4. The number of carbonyl (C=O) groups excluding carboxylic acids is 2. The number of thiazole rings is 2. The SMILES string of the molecule is C=C(N[C@@H](CC[C@@H](Cc1ccccc1)NC(=O)OCc1cncs1)COc1ccccc1)[C@H](CO)NC(=O)N(C)Cc1csc(C(C)C)n1. The van der Waals surface area contributed by atoms with Crippen molar-refractivity contribution in [1.82, 2.24) is 30.8 Å². The van der Waals surface area contributed by atoms with Gasteiger partial charge in [-0.15, -0.1) is 22.7 Å². The van der Waals surface area contributed by atoms with Gasteiger partial charge < -0.3 is 35.4 Å². The molecule has 2 aromatic heterocycles. The first-order chi connectivity index (χ1) is 23.7. The summed E-state index contributed by atoms with van der Waals surface area (Å²) in [5.41, 5.74) is 4.03. The zero-order chi connectivity index (χ0) is 35.0. The summed E-state index contributed by atoms with van der Waals surface area (Å²) in [5, 5.41) is 22.5. The molecule has 11 nitrogen and oxygen atoms in total. The average molecular weight is 707 g/mol. The maximum absolute atomic E-state index is 13.1. The third-order valence-electron chi connectivity index (χ3n) is 7.63. The lowest BCUT2D eigenvalue weighted by Gasteiger charge is -2.29. The molecule has 262 valence electrons. The molecule has 0 aliphatic carbocycles. The Labute approximate surface area is 296 Å². The molecule has 3 amide bonds. The first-order valence-electron chi connectivity index (χ1n) is 16.2.